The van der Waals surface area contributed by atoms with Crippen LogP contribution in [0.15, 0.2) is 0 Å². The molecular weight excluding hydrogens is 260 g/mol. The summed E-state index contributed by atoms with van der Waals surface area (Å²) in [5.41, 5.74) is -1.01. The third-order valence-electron chi connectivity index (χ3n) is 2.00. The second kappa shape index (κ2) is 7.47. The van der Waals surface area contributed by atoms with E-state index in [2.05, 4.69) is 10.6 Å². The lowest BCUT2D eigenvalue weighted by atomic mass is 10.2. The van der Waals surface area contributed by atoms with Crippen molar-refractivity contribution in [1.82, 2.24) is 10.6 Å². The maximum atomic E-state index is 11.7. The number of esters is 1. The molecule has 0 rings (SSSR count). The van der Waals surface area contributed by atoms with Gasteiger partial charge >= 0.3 is 12.1 Å². The molecule has 0 aromatic carbocycles. The van der Waals surface area contributed by atoms with Crippen LogP contribution in [0, 0.1) is 0 Å². The molecule has 1 atom stereocenters. The summed E-state index contributed by atoms with van der Waals surface area (Å²) in [4.78, 5) is 23.0. The molecule has 0 fully saturated rings. The van der Waals surface area contributed by atoms with Gasteiger partial charge in [0.05, 0.1) is 0 Å². The smallest absolute Gasteiger partial charge is 0.407 e. The molecule has 0 aliphatic heterocycles. The molecule has 0 aliphatic carbocycles. The van der Waals surface area contributed by atoms with Crippen molar-refractivity contribution >= 4 is 12.1 Å². The molecular formula is C14H28N2O4. The van der Waals surface area contributed by atoms with Crippen molar-refractivity contribution in [1.29, 1.82) is 0 Å². The van der Waals surface area contributed by atoms with Crippen LogP contribution >= 0.6 is 0 Å². The molecule has 20 heavy (non-hydrogen) atoms. The predicted molar refractivity (Wildman–Crippen MR) is 77.5 cm³/mol. The Bertz CT molecular complexity index is 329. The Kier molecular flexibility index (Phi) is 6.99. The Morgan fingerprint density at radius 2 is 1.45 bits per heavy atom. The van der Waals surface area contributed by atoms with Gasteiger partial charge in [-0.05, 0) is 48.5 Å². The minimum atomic E-state index is -0.513. The summed E-state index contributed by atoms with van der Waals surface area (Å²) in [6, 6.07) is -0.422. The van der Waals surface area contributed by atoms with Crippen LogP contribution in [-0.2, 0) is 14.3 Å². The van der Waals surface area contributed by atoms with E-state index in [9.17, 15) is 9.59 Å². The number of ether oxygens (including phenoxy) is 2. The van der Waals surface area contributed by atoms with Gasteiger partial charge in [0.15, 0.2) is 0 Å². The summed E-state index contributed by atoms with van der Waals surface area (Å²) in [7, 11) is 0. The van der Waals surface area contributed by atoms with Crippen LogP contribution in [0.5, 0.6) is 0 Å². The standard InChI is InChI=1S/C14H28N2O4/c1-10(11(17)19-13(2,3)4)15-8-9-16-12(18)20-14(5,6)7/h10,15H,8-9H2,1-7H3,(H,16,18). The molecule has 0 saturated heterocycles. The number of hydrogen-bond acceptors (Lipinski definition) is 5. The highest BCUT2D eigenvalue weighted by Crippen LogP contribution is 2.08. The van der Waals surface area contributed by atoms with Crippen molar-refractivity contribution < 1.29 is 19.1 Å². The van der Waals surface area contributed by atoms with Crippen molar-refractivity contribution in [2.24, 2.45) is 0 Å². The van der Waals surface area contributed by atoms with Crippen LogP contribution < -0.4 is 10.6 Å². The second-order valence-electron chi connectivity index (χ2n) is 6.64. The molecule has 0 spiro atoms. The Balaban J connectivity index is 3.85. The van der Waals surface area contributed by atoms with Gasteiger partial charge in [-0.1, -0.05) is 0 Å². The monoisotopic (exact) mass is 288 g/mol. The van der Waals surface area contributed by atoms with Gasteiger partial charge in [0, 0.05) is 13.1 Å². The van der Waals surface area contributed by atoms with Gasteiger partial charge in [0.1, 0.15) is 17.2 Å². The Hall–Kier alpha value is -1.30. The highest BCUT2D eigenvalue weighted by atomic mass is 16.6. The van der Waals surface area contributed by atoms with Crippen LogP contribution in [0.3, 0.4) is 0 Å². The van der Waals surface area contributed by atoms with Gasteiger partial charge in [0.2, 0.25) is 0 Å². The van der Waals surface area contributed by atoms with Gasteiger partial charge < -0.3 is 20.1 Å². The van der Waals surface area contributed by atoms with E-state index in [-0.39, 0.29) is 5.97 Å². The molecule has 0 aromatic heterocycles. The molecule has 0 aromatic rings. The normalized spacial score (nSPS) is 13.6. The van der Waals surface area contributed by atoms with Crippen molar-refractivity contribution in [2.75, 3.05) is 13.1 Å². The van der Waals surface area contributed by atoms with E-state index in [0.29, 0.717) is 13.1 Å². The van der Waals surface area contributed by atoms with Crippen LogP contribution in [0.2, 0.25) is 0 Å². The number of hydrogen-bond donors (Lipinski definition) is 2. The lowest BCUT2D eigenvalue weighted by Gasteiger charge is -2.23. The Morgan fingerprint density at radius 1 is 0.950 bits per heavy atom. The van der Waals surface area contributed by atoms with Gasteiger partial charge in [-0.3, -0.25) is 4.79 Å². The number of amides is 1. The minimum absolute atomic E-state index is 0.310. The third-order valence-corrected chi connectivity index (χ3v) is 2.00. The van der Waals surface area contributed by atoms with Crippen LogP contribution in [0.1, 0.15) is 48.5 Å². The molecule has 0 heterocycles. The highest BCUT2D eigenvalue weighted by Gasteiger charge is 2.21. The van der Waals surface area contributed by atoms with E-state index in [1.807, 2.05) is 20.8 Å². The van der Waals surface area contributed by atoms with Crippen molar-refractivity contribution in [2.45, 2.75) is 65.7 Å². The fraction of sp³-hybridized carbons (Fsp3) is 0.857. The molecule has 1 unspecified atom stereocenters. The maximum Gasteiger partial charge on any atom is 0.407 e. The second-order valence-corrected chi connectivity index (χ2v) is 6.64. The number of carbonyl (C=O) groups is 2. The highest BCUT2D eigenvalue weighted by molar-refractivity contribution is 5.75. The zero-order valence-corrected chi connectivity index (χ0v) is 13.6. The Morgan fingerprint density at radius 3 is 1.90 bits per heavy atom. The molecule has 0 saturated carbocycles. The zero-order chi connectivity index (χ0) is 16.0. The van der Waals surface area contributed by atoms with Crippen molar-refractivity contribution in [3.8, 4) is 0 Å². The van der Waals surface area contributed by atoms with E-state index in [1.54, 1.807) is 27.7 Å². The molecule has 1 amide bonds. The fourth-order valence-electron chi connectivity index (χ4n) is 1.24. The summed E-state index contributed by atoms with van der Waals surface area (Å²) >= 11 is 0. The zero-order valence-electron chi connectivity index (χ0n) is 13.6. The van der Waals surface area contributed by atoms with E-state index in [0.717, 1.165) is 0 Å². The average molecular weight is 288 g/mol. The molecule has 0 aliphatic rings. The topological polar surface area (TPSA) is 76.7 Å². The van der Waals surface area contributed by atoms with Crippen molar-refractivity contribution in [3.63, 3.8) is 0 Å². The summed E-state index contributed by atoms with van der Waals surface area (Å²) in [5.74, 6) is -0.310. The molecule has 2 N–H and O–H groups in total. The number of alkyl carbamates (subject to hydrolysis) is 1. The minimum Gasteiger partial charge on any atom is -0.459 e. The van der Waals surface area contributed by atoms with E-state index < -0.39 is 23.3 Å². The third kappa shape index (κ3) is 10.6. The first-order valence-electron chi connectivity index (χ1n) is 6.84. The average Bonchev–Trinajstić information content (AvgIpc) is 2.18. The first-order chi connectivity index (χ1) is 8.91. The van der Waals surface area contributed by atoms with E-state index in [1.165, 1.54) is 0 Å². The maximum absolute atomic E-state index is 11.7. The van der Waals surface area contributed by atoms with Crippen molar-refractivity contribution in [3.05, 3.63) is 0 Å². The summed E-state index contributed by atoms with van der Waals surface area (Å²) in [5, 5.41) is 5.58. The molecule has 0 bridgehead atoms. The van der Waals surface area contributed by atoms with Gasteiger partial charge in [0.25, 0.3) is 0 Å². The first-order valence-corrected chi connectivity index (χ1v) is 6.84. The van der Waals surface area contributed by atoms with E-state index in [4.69, 9.17) is 9.47 Å². The van der Waals surface area contributed by atoms with Gasteiger partial charge in [-0.15, -0.1) is 0 Å². The molecule has 118 valence electrons. The quantitative estimate of drug-likeness (QED) is 0.596. The predicted octanol–water partition coefficient (Wildman–Crippen LogP) is 1.83. The van der Waals surface area contributed by atoms with E-state index >= 15 is 0 Å². The summed E-state index contributed by atoms with van der Waals surface area (Å²) in [6.45, 7) is 13.4. The van der Waals surface area contributed by atoms with Crippen LogP contribution in [0.4, 0.5) is 4.79 Å². The Labute approximate surface area is 121 Å². The van der Waals surface area contributed by atoms with Gasteiger partial charge in [-0.2, -0.15) is 0 Å². The molecule has 0 radical (unpaired) electrons. The largest absolute Gasteiger partial charge is 0.459 e. The van der Waals surface area contributed by atoms with Crippen LogP contribution in [0.25, 0.3) is 0 Å². The summed E-state index contributed by atoms with van der Waals surface area (Å²) in [6.07, 6.45) is -0.468. The summed E-state index contributed by atoms with van der Waals surface area (Å²) < 4.78 is 10.3. The first kappa shape index (κ1) is 18.7. The SMILES string of the molecule is CC(NCCNC(=O)OC(C)(C)C)C(=O)OC(C)(C)C. The molecule has 6 nitrogen and oxygen atoms in total. The molecule has 6 heteroatoms. The lowest BCUT2D eigenvalue weighted by Crippen LogP contribution is -2.43. The number of carbonyl (C=O) groups excluding carboxylic acids is 2. The number of rotatable bonds is 5. The fourth-order valence-corrected chi connectivity index (χ4v) is 1.24. The van der Waals surface area contributed by atoms with Crippen LogP contribution in [-0.4, -0.2) is 42.4 Å². The number of nitrogens with one attached hydrogen (secondary N) is 2. The lowest BCUT2D eigenvalue weighted by molar-refractivity contribution is -0.156. The van der Waals surface area contributed by atoms with Gasteiger partial charge in [-0.25, -0.2) is 4.79 Å².